The summed E-state index contributed by atoms with van der Waals surface area (Å²) in [7, 11) is 0. The molecule has 1 aromatic heterocycles. The van der Waals surface area contributed by atoms with E-state index in [1.54, 1.807) is 24.1 Å². The molecule has 1 aliphatic rings. The van der Waals surface area contributed by atoms with Crippen LogP contribution in [0.15, 0.2) is 24.4 Å². The molecule has 2 N–H and O–H groups in total. The lowest BCUT2D eigenvalue weighted by Crippen LogP contribution is -2.40. The third-order valence-electron chi connectivity index (χ3n) is 3.84. The lowest BCUT2D eigenvalue weighted by Gasteiger charge is -2.31. The maximum absolute atomic E-state index is 12.5. The Bertz CT molecular complexity index is 587. The molecule has 0 aliphatic carbocycles. The number of nitrogens with zero attached hydrogens (tertiary/aromatic N) is 2. The number of carbonyl (C=O) groups is 2. The van der Waals surface area contributed by atoms with Crippen LogP contribution in [-0.2, 0) is 4.79 Å². The summed E-state index contributed by atoms with van der Waals surface area (Å²) in [6, 6.07) is 1.79. The predicted octanol–water partition coefficient (Wildman–Crippen LogP) is 1.97. The van der Waals surface area contributed by atoms with Gasteiger partial charge >= 0.3 is 0 Å². The zero-order valence-corrected chi connectivity index (χ0v) is 12.6. The van der Waals surface area contributed by atoms with Gasteiger partial charge in [0.05, 0.1) is 5.56 Å². The summed E-state index contributed by atoms with van der Waals surface area (Å²) in [6.45, 7) is 8.43. The standard InChI is InChI=1S/C16H21N3O2/c1-10(2)16(21)19-6-4-12(5-7-19)14(20)13-8-11(3)9-18-15(13)17/h8-9,12H,1,4-7H2,2-3H3,(H2,17,18). The van der Waals surface area contributed by atoms with E-state index in [2.05, 4.69) is 11.6 Å². The molecule has 5 nitrogen and oxygen atoms in total. The van der Waals surface area contributed by atoms with E-state index >= 15 is 0 Å². The van der Waals surface area contributed by atoms with Gasteiger partial charge in [0.15, 0.2) is 5.78 Å². The fourth-order valence-corrected chi connectivity index (χ4v) is 2.61. The molecular formula is C16H21N3O2. The van der Waals surface area contributed by atoms with Gasteiger partial charge in [0, 0.05) is 30.8 Å². The van der Waals surface area contributed by atoms with Crippen molar-refractivity contribution in [1.82, 2.24) is 9.88 Å². The number of nitrogen functional groups attached to an aromatic ring is 1. The van der Waals surface area contributed by atoms with Gasteiger partial charge in [-0.1, -0.05) is 6.58 Å². The van der Waals surface area contributed by atoms with Gasteiger partial charge in [-0.05, 0) is 38.3 Å². The molecule has 1 saturated heterocycles. The number of anilines is 1. The number of ketones is 1. The van der Waals surface area contributed by atoms with E-state index in [1.165, 1.54) is 0 Å². The van der Waals surface area contributed by atoms with E-state index in [1.807, 2.05) is 6.92 Å². The number of Topliss-reactive ketones (excluding diaryl/α,β-unsaturated/α-hetero) is 1. The summed E-state index contributed by atoms with van der Waals surface area (Å²) in [5.41, 5.74) is 7.76. The number of hydrogen-bond acceptors (Lipinski definition) is 4. The number of carbonyl (C=O) groups excluding carboxylic acids is 2. The Balaban J connectivity index is 2.05. The Kier molecular flexibility index (Phi) is 4.40. The summed E-state index contributed by atoms with van der Waals surface area (Å²) < 4.78 is 0. The van der Waals surface area contributed by atoms with Crippen molar-refractivity contribution < 1.29 is 9.59 Å². The van der Waals surface area contributed by atoms with Crippen LogP contribution < -0.4 is 5.73 Å². The van der Waals surface area contributed by atoms with E-state index in [9.17, 15) is 9.59 Å². The fraction of sp³-hybridized carbons (Fsp3) is 0.438. The molecule has 0 atom stereocenters. The number of pyridine rings is 1. The summed E-state index contributed by atoms with van der Waals surface area (Å²) in [5, 5.41) is 0. The highest BCUT2D eigenvalue weighted by Crippen LogP contribution is 2.24. The molecule has 2 rings (SSSR count). The van der Waals surface area contributed by atoms with Crippen LogP contribution >= 0.6 is 0 Å². The van der Waals surface area contributed by atoms with Crippen LogP contribution in [0.4, 0.5) is 5.82 Å². The first-order chi connectivity index (χ1) is 9.90. The van der Waals surface area contributed by atoms with Crippen molar-refractivity contribution in [2.24, 2.45) is 5.92 Å². The van der Waals surface area contributed by atoms with Crippen molar-refractivity contribution in [3.8, 4) is 0 Å². The van der Waals surface area contributed by atoms with Gasteiger partial charge in [-0.15, -0.1) is 0 Å². The van der Waals surface area contributed by atoms with Crippen molar-refractivity contribution in [2.45, 2.75) is 26.7 Å². The van der Waals surface area contributed by atoms with E-state index in [0.29, 0.717) is 37.1 Å². The van der Waals surface area contributed by atoms with Crippen LogP contribution in [0.1, 0.15) is 35.7 Å². The number of aryl methyl sites for hydroxylation is 1. The first-order valence-electron chi connectivity index (χ1n) is 7.11. The third-order valence-corrected chi connectivity index (χ3v) is 3.84. The second-order valence-corrected chi connectivity index (χ2v) is 5.66. The molecule has 0 radical (unpaired) electrons. The number of piperidine rings is 1. The summed E-state index contributed by atoms with van der Waals surface area (Å²) in [5.74, 6) is 0.194. The minimum Gasteiger partial charge on any atom is -0.383 e. The predicted molar refractivity (Wildman–Crippen MR) is 81.8 cm³/mol. The van der Waals surface area contributed by atoms with Crippen molar-refractivity contribution in [3.63, 3.8) is 0 Å². The van der Waals surface area contributed by atoms with Crippen LogP contribution in [0, 0.1) is 12.8 Å². The molecule has 1 fully saturated rings. The topological polar surface area (TPSA) is 76.3 Å². The lowest BCUT2D eigenvalue weighted by atomic mass is 9.88. The molecule has 1 aromatic rings. The largest absolute Gasteiger partial charge is 0.383 e. The Labute approximate surface area is 124 Å². The zero-order valence-electron chi connectivity index (χ0n) is 12.6. The minimum absolute atomic E-state index is 0.0300. The van der Waals surface area contributed by atoms with Crippen molar-refractivity contribution in [1.29, 1.82) is 0 Å². The maximum atomic E-state index is 12.5. The average Bonchev–Trinajstić information content (AvgIpc) is 2.48. The second-order valence-electron chi connectivity index (χ2n) is 5.66. The summed E-state index contributed by atoms with van der Waals surface area (Å²) in [4.78, 5) is 30.2. The van der Waals surface area contributed by atoms with Crippen molar-refractivity contribution in [3.05, 3.63) is 35.5 Å². The molecule has 112 valence electrons. The molecule has 5 heteroatoms. The number of rotatable bonds is 3. The van der Waals surface area contributed by atoms with Gasteiger partial charge < -0.3 is 10.6 Å². The van der Waals surface area contributed by atoms with Crippen LogP contribution in [-0.4, -0.2) is 34.7 Å². The Morgan fingerprint density at radius 2 is 2.00 bits per heavy atom. The molecule has 0 bridgehead atoms. The Morgan fingerprint density at radius 3 is 2.57 bits per heavy atom. The van der Waals surface area contributed by atoms with Crippen LogP contribution in [0.2, 0.25) is 0 Å². The molecule has 1 amide bonds. The van der Waals surface area contributed by atoms with Gasteiger partial charge in [-0.2, -0.15) is 0 Å². The highest BCUT2D eigenvalue weighted by atomic mass is 16.2. The van der Waals surface area contributed by atoms with E-state index in [4.69, 9.17) is 5.73 Å². The zero-order chi connectivity index (χ0) is 15.6. The Morgan fingerprint density at radius 1 is 1.38 bits per heavy atom. The van der Waals surface area contributed by atoms with Crippen molar-refractivity contribution >= 4 is 17.5 Å². The van der Waals surface area contributed by atoms with Gasteiger partial charge in [0.1, 0.15) is 5.82 Å². The normalized spacial score (nSPS) is 15.8. The molecule has 2 heterocycles. The van der Waals surface area contributed by atoms with E-state index in [-0.39, 0.29) is 23.4 Å². The molecular weight excluding hydrogens is 266 g/mol. The first kappa shape index (κ1) is 15.2. The van der Waals surface area contributed by atoms with E-state index < -0.39 is 0 Å². The van der Waals surface area contributed by atoms with Gasteiger partial charge in [0.25, 0.3) is 0 Å². The molecule has 21 heavy (non-hydrogen) atoms. The summed E-state index contributed by atoms with van der Waals surface area (Å²) >= 11 is 0. The van der Waals surface area contributed by atoms with Gasteiger partial charge in [-0.25, -0.2) is 4.98 Å². The number of likely N-dealkylation sites (tertiary alicyclic amines) is 1. The Hall–Kier alpha value is -2.17. The smallest absolute Gasteiger partial charge is 0.248 e. The highest BCUT2D eigenvalue weighted by Gasteiger charge is 2.29. The number of nitrogens with two attached hydrogens (primary N) is 1. The van der Waals surface area contributed by atoms with Crippen LogP contribution in [0.25, 0.3) is 0 Å². The molecule has 1 aliphatic heterocycles. The first-order valence-corrected chi connectivity index (χ1v) is 7.11. The third kappa shape index (κ3) is 3.29. The van der Waals surface area contributed by atoms with E-state index in [0.717, 1.165) is 5.56 Å². The SMILES string of the molecule is C=C(C)C(=O)N1CCC(C(=O)c2cc(C)cnc2N)CC1. The number of aromatic nitrogens is 1. The van der Waals surface area contributed by atoms with Crippen LogP contribution in [0.3, 0.4) is 0 Å². The minimum atomic E-state index is -0.0925. The average molecular weight is 287 g/mol. The second kappa shape index (κ2) is 6.08. The quantitative estimate of drug-likeness (QED) is 0.681. The van der Waals surface area contributed by atoms with Gasteiger partial charge in [0.2, 0.25) is 5.91 Å². The molecule has 0 unspecified atom stereocenters. The number of hydrogen-bond donors (Lipinski definition) is 1. The molecule has 0 aromatic carbocycles. The lowest BCUT2D eigenvalue weighted by molar-refractivity contribution is -0.128. The van der Waals surface area contributed by atoms with Gasteiger partial charge in [-0.3, -0.25) is 9.59 Å². The molecule has 0 spiro atoms. The monoisotopic (exact) mass is 287 g/mol. The van der Waals surface area contributed by atoms with Crippen molar-refractivity contribution in [2.75, 3.05) is 18.8 Å². The summed E-state index contributed by atoms with van der Waals surface area (Å²) in [6.07, 6.45) is 2.97. The molecule has 0 saturated carbocycles. The number of amides is 1. The fourth-order valence-electron chi connectivity index (χ4n) is 2.61. The van der Waals surface area contributed by atoms with Crippen LogP contribution in [0.5, 0.6) is 0 Å². The maximum Gasteiger partial charge on any atom is 0.248 e. The highest BCUT2D eigenvalue weighted by molar-refractivity contribution is 6.02.